The van der Waals surface area contributed by atoms with E-state index in [0.717, 1.165) is 0 Å². The van der Waals surface area contributed by atoms with E-state index in [9.17, 15) is 24.6 Å². The van der Waals surface area contributed by atoms with Gasteiger partial charge in [-0.1, -0.05) is 44.2 Å². The number of carbonyl (C=O) groups excluding carboxylic acids is 1. The Kier molecular flexibility index (Phi) is 9.63. The Labute approximate surface area is 176 Å². The van der Waals surface area contributed by atoms with E-state index in [1.165, 1.54) is 0 Å². The first-order valence-electron chi connectivity index (χ1n) is 6.73. The van der Waals surface area contributed by atoms with Crippen LogP contribution in [-0.4, -0.2) is 33.8 Å². The minimum atomic E-state index is -2.40. The van der Waals surface area contributed by atoms with Gasteiger partial charge in [-0.2, -0.15) is 0 Å². The monoisotopic (exact) mass is 348 g/mol. The first kappa shape index (κ1) is 22.1. The average Bonchev–Trinajstić information content (AvgIpc) is 2.44. The second-order valence-corrected chi connectivity index (χ2v) is 5.30. The molecule has 8 heteroatoms. The van der Waals surface area contributed by atoms with Crippen molar-refractivity contribution < 1.29 is 80.7 Å². The van der Waals surface area contributed by atoms with Crippen molar-refractivity contribution in [3.05, 3.63) is 35.9 Å². The number of nitrogens with one attached hydrogen (secondary N) is 1. The summed E-state index contributed by atoms with van der Waals surface area (Å²) in [6.07, 6.45) is -1.34. The number of ether oxygens (including phenoxy) is 1. The van der Waals surface area contributed by atoms with Gasteiger partial charge in [-0.15, -0.1) is 0 Å². The van der Waals surface area contributed by atoms with Gasteiger partial charge in [-0.3, -0.25) is 5.32 Å². The summed E-state index contributed by atoms with van der Waals surface area (Å²) >= 11 is 0. The number of carboxylic acids is 2. The molecule has 0 fully saturated rings. The van der Waals surface area contributed by atoms with Crippen molar-refractivity contribution >= 4 is 18.0 Å². The first-order chi connectivity index (χ1) is 10.3. The Morgan fingerprint density at radius 2 is 1.65 bits per heavy atom. The molecule has 1 aromatic rings. The van der Waals surface area contributed by atoms with Crippen LogP contribution in [0.1, 0.15) is 25.8 Å². The minimum absolute atomic E-state index is 0. The van der Waals surface area contributed by atoms with Gasteiger partial charge in [0.25, 0.3) is 0 Å². The summed E-state index contributed by atoms with van der Waals surface area (Å²) in [5.74, 6) is -3.52. The fourth-order valence-corrected chi connectivity index (χ4v) is 1.97. The summed E-state index contributed by atoms with van der Waals surface area (Å²) in [7, 11) is 0. The average molecular weight is 348 g/mol. The molecule has 0 heterocycles. The molecule has 120 valence electrons. The van der Waals surface area contributed by atoms with Gasteiger partial charge >= 0.3 is 69.4 Å². The number of alkyl carbamates (subject to hydrolysis) is 1. The van der Waals surface area contributed by atoms with Crippen LogP contribution in [0.5, 0.6) is 0 Å². The Hall–Kier alpha value is -0.934. The molecule has 0 saturated heterocycles. The summed E-state index contributed by atoms with van der Waals surface area (Å²) < 4.78 is 4.89. The fraction of sp³-hybridized carbons (Fsp3) is 0.400. The zero-order valence-electron chi connectivity index (χ0n) is 13.4. The van der Waals surface area contributed by atoms with Crippen LogP contribution in [-0.2, 0) is 20.9 Å². The molecule has 0 aromatic heterocycles. The van der Waals surface area contributed by atoms with Crippen LogP contribution in [0.3, 0.4) is 0 Å². The summed E-state index contributed by atoms with van der Waals surface area (Å²) in [5.41, 5.74) is -1.69. The SMILES string of the molecule is CC(C)CC(NC(=O)OCc1ccccc1)(C(=O)O)C(=O)O.[K+]. The maximum absolute atomic E-state index is 11.8. The van der Waals surface area contributed by atoms with E-state index in [4.69, 9.17) is 4.74 Å². The second kappa shape index (κ2) is 10.0. The van der Waals surface area contributed by atoms with Crippen LogP contribution in [0.4, 0.5) is 4.79 Å². The summed E-state index contributed by atoms with van der Waals surface area (Å²) in [6, 6.07) is 8.76. The standard InChI is InChI=1S/C15H19NO6.K/c1-10(2)8-15(12(17)18,13(19)20)16-14(21)22-9-11-6-4-3-5-7-11;/h3-7,10H,8-9H2,1-2H3,(H,16,21)(H,17,18)(H,19,20);/q;+1. The number of hydrogen-bond donors (Lipinski definition) is 3. The van der Waals surface area contributed by atoms with E-state index < -0.39 is 23.6 Å². The molecule has 0 spiro atoms. The minimum Gasteiger partial charge on any atom is -0.479 e. The maximum Gasteiger partial charge on any atom is 1.00 e. The quantitative estimate of drug-likeness (QED) is 0.425. The number of amides is 1. The predicted molar refractivity (Wildman–Crippen MR) is 77.2 cm³/mol. The van der Waals surface area contributed by atoms with Crippen LogP contribution < -0.4 is 56.7 Å². The molecule has 3 N–H and O–H groups in total. The molecule has 1 rings (SSSR count). The van der Waals surface area contributed by atoms with Crippen molar-refractivity contribution in [2.45, 2.75) is 32.4 Å². The molecule has 0 aliphatic rings. The molecule has 1 amide bonds. The molecule has 0 bridgehead atoms. The van der Waals surface area contributed by atoms with Crippen molar-refractivity contribution in [2.75, 3.05) is 0 Å². The zero-order valence-corrected chi connectivity index (χ0v) is 16.5. The van der Waals surface area contributed by atoms with Gasteiger partial charge in [0, 0.05) is 0 Å². The van der Waals surface area contributed by atoms with Crippen LogP contribution in [0.2, 0.25) is 0 Å². The summed E-state index contributed by atoms with van der Waals surface area (Å²) in [4.78, 5) is 34.5. The number of carbonyl (C=O) groups is 3. The number of rotatable bonds is 7. The van der Waals surface area contributed by atoms with E-state index in [-0.39, 0.29) is 70.3 Å². The Morgan fingerprint density at radius 1 is 1.13 bits per heavy atom. The van der Waals surface area contributed by atoms with Crippen molar-refractivity contribution in [1.82, 2.24) is 5.32 Å². The number of carboxylic acid groups (broad SMARTS) is 2. The van der Waals surface area contributed by atoms with E-state index in [1.807, 2.05) is 5.32 Å². The Balaban J connectivity index is 0.00000484. The molecule has 0 aliphatic heterocycles. The maximum atomic E-state index is 11.8. The Bertz CT molecular complexity index is 532. The van der Waals surface area contributed by atoms with Gasteiger partial charge in [0.05, 0.1) is 0 Å². The van der Waals surface area contributed by atoms with E-state index in [2.05, 4.69) is 0 Å². The number of benzene rings is 1. The van der Waals surface area contributed by atoms with Gasteiger partial charge < -0.3 is 14.9 Å². The molecule has 7 nitrogen and oxygen atoms in total. The molecule has 0 radical (unpaired) electrons. The van der Waals surface area contributed by atoms with Crippen LogP contribution in [0, 0.1) is 5.92 Å². The third-order valence-corrected chi connectivity index (χ3v) is 2.97. The fourth-order valence-electron chi connectivity index (χ4n) is 1.97. The van der Waals surface area contributed by atoms with Gasteiger partial charge in [-0.05, 0) is 17.9 Å². The molecule has 0 saturated carbocycles. The molecular formula is C15H19KNO6+. The second-order valence-electron chi connectivity index (χ2n) is 5.30. The Morgan fingerprint density at radius 3 is 2.09 bits per heavy atom. The molecule has 1 aromatic carbocycles. The smallest absolute Gasteiger partial charge is 0.479 e. The van der Waals surface area contributed by atoms with E-state index in [1.54, 1.807) is 44.2 Å². The van der Waals surface area contributed by atoms with Gasteiger partial charge in [0.2, 0.25) is 5.54 Å². The van der Waals surface area contributed by atoms with Gasteiger partial charge in [0.1, 0.15) is 6.61 Å². The first-order valence-corrected chi connectivity index (χ1v) is 6.73. The molecule has 23 heavy (non-hydrogen) atoms. The van der Waals surface area contributed by atoms with Crippen LogP contribution in [0.25, 0.3) is 0 Å². The third-order valence-electron chi connectivity index (χ3n) is 2.97. The molecule has 0 aliphatic carbocycles. The largest absolute Gasteiger partial charge is 1.00 e. The van der Waals surface area contributed by atoms with E-state index >= 15 is 0 Å². The van der Waals surface area contributed by atoms with Crippen LogP contribution in [0.15, 0.2) is 30.3 Å². The topological polar surface area (TPSA) is 113 Å². The van der Waals surface area contributed by atoms with Crippen molar-refractivity contribution in [3.63, 3.8) is 0 Å². The van der Waals surface area contributed by atoms with Gasteiger partial charge in [0.15, 0.2) is 0 Å². The van der Waals surface area contributed by atoms with Crippen molar-refractivity contribution in [3.8, 4) is 0 Å². The molecule has 0 atom stereocenters. The van der Waals surface area contributed by atoms with Crippen LogP contribution >= 0.6 is 0 Å². The predicted octanol–water partition coefficient (Wildman–Crippen LogP) is -1.13. The normalized spacial score (nSPS) is 10.6. The number of hydrogen-bond acceptors (Lipinski definition) is 4. The summed E-state index contributed by atoms with van der Waals surface area (Å²) in [6.45, 7) is 3.25. The summed E-state index contributed by atoms with van der Waals surface area (Å²) in [5, 5.41) is 20.4. The number of aliphatic carboxylic acids is 2. The zero-order chi connectivity index (χ0) is 16.8. The van der Waals surface area contributed by atoms with E-state index in [0.29, 0.717) is 5.56 Å². The van der Waals surface area contributed by atoms with Gasteiger partial charge in [-0.25, -0.2) is 14.4 Å². The molecule has 0 unspecified atom stereocenters. The van der Waals surface area contributed by atoms with Crippen molar-refractivity contribution in [1.29, 1.82) is 0 Å². The molecular weight excluding hydrogens is 329 g/mol. The third kappa shape index (κ3) is 6.60. The van der Waals surface area contributed by atoms with Crippen molar-refractivity contribution in [2.24, 2.45) is 5.92 Å².